The summed E-state index contributed by atoms with van der Waals surface area (Å²) in [6.45, 7) is 9.86. The molecule has 5 nitrogen and oxygen atoms in total. The van der Waals surface area contributed by atoms with Crippen LogP contribution in [0.15, 0.2) is 4.52 Å². The summed E-state index contributed by atoms with van der Waals surface area (Å²) in [5.74, 6) is 0.600. The normalized spacial score (nSPS) is 14.8. The summed E-state index contributed by atoms with van der Waals surface area (Å²) in [5, 5.41) is 6.73. The lowest BCUT2D eigenvalue weighted by atomic mass is 9.88. The molecule has 0 aliphatic rings. The highest BCUT2D eigenvalue weighted by Gasteiger charge is 2.30. The average Bonchev–Trinajstić information content (AvgIpc) is 2.58. The van der Waals surface area contributed by atoms with Crippen LogP contribution < -0.4 is 11.1 Å². The number of nitrogens with two attached hydrogens (primary N) is 1. The first-order valence-electron chi connectivity index (χ1n) is 5.77. The molecule has 1 heterocycles. The van der Waals surface area contributed by atoms with Crippen molar-refractivity contribution in [3.05, 3.63) is 17.0 Å². The van der Waals surface area contributed by atoms with E-state index in [-0.39, 0.29) is 11.8 Å². The van der Waals surface area contributed by atoms with E-state index in [1.165, 1.54) is 0 Å². The summed E-state index contributed by atoms with van der Waals surface area (Å²) in [6, 6.07) is 0. The first kappa shape index (κ1) is 13.7. The number of carbonyl (C=O) groups excluding carboxylic acids is 1. The Morgan fingerprint density at radius 3 is 2.47 bits per heavy atom. The predicted molar refractivity (Wildman–Crippen MR) is 65.7 cm³/mol. The van der Waals surface area contributed by atoms with Crippen molar-refractivity contribution in [2.24, 2.45) is 11.7 Å². The van der Waals surface area contributed by atoms with Gasteiger partial charge in [-0.1, -0.05) is 19.0 Å². The maximum Gasteiger partial charge on any atom is 0.257 e. The van der Waals surface area contributed by atoms with Gasteiger partial charge in [-0.3, -0.25) is 4.79 Å². The molecule has 0 saturated carbocycles. The fraction of sp³-hybridized carbons (Fsp3) is 0.667. The smallest absolute Gasteiger partial charge is 0.257 e. The van der Waals surface area contributed by atoms with Crippen LogP contribution in [0.25, 0.3) is 0 Å². The van der Waals surface area contributed by atoms with Gasteiger partial charge in [0.25, 0.3) is 5.91 Å². The number of carbonyl (C=O) groups is 1. The van der Waals surface area contributed by atoms with E-state index in [2.05, 4.69) is 10.5 Å². The van der Waals surface area contributed by atoms with Gasteiger partial charge in [-0.25, -0.2) is 0 Å². The molecular weight excluding hydrogens is 218 g/mol. The molecule has 0 aliphatic carbocycles. The molecule has 0 bridgehead atoms. The molecule has 0 aliphatic heterocycles. The lowest BCUT2D eigenvalue weighted by molar-refractivity contribution is 0.0881. The van der Waals surface area contributed by atoms with Crippen molar-refractivity contribution in [3.8, 4) is 0 Å². The fourth-order valence-corrected chi connectivity index (χ4v) is 1.56. The summed E-state index contributed by atoms with van der Waals surface area (Å²) in [6.07, 6.45) is 0. The number of nitrogens with one attached hydrogen (secondary N) is 1. The van der Waals surface area contributed by atoms with E-state index in [1.807, 2.05) is 20.8 Å². The van der Waals surface area contributed by atoms with E-state index < -0.39 is 5.54 Å². The van der Waals surface area contributed by atoms with Crippen LogP contribution in [-0.4, -0.2) is 23.1 Å². The largest absolute Gasteiger partial charge is 0.361 e. The van der Waals surface area contributed by atoms with E-state index >= 15 is 0 Å². The molecule has 0 aromatic carbocycles. The Kier molecular flexibility index (Phi) is 3.93. The zero-order chi connectivity index (χ0) is 13.2. The van der Waals surface area contributed by atoms with Gasteiger partial charge in [0.15, 0.2) is 0 Å². The Balaban J connectivity index is 2.93. The lowest BCUT2D eigenvalue weighted by Gasteiger charge is -2.33. The molecule has 17 heavy (non-hydrogen) atoms. The van der Waals surface area contributed by atoms with Gasteiger partial charge >= 0.3 is 0 Å². The Hall–Kier alpha value is -1.36. The van der Waals surface area contributed by atoms with Gasteiger partial charge < -0.3 is 15.6 Å². The number of rotatable bonds is 4. The second-order valence-corrected chi connectivity index (χ2v) is 4.93. The molecular formula is C12H21N3O2. The molecule has 1 aromatic heterocycles. The van der Waals surface area contributed by atoms with Crippen molar-refractivity contribution < 1.29 is 9.32 Å². The number of amides is 1. The number of hydrogen-bond donors (Lipinski definition) is 2. The van der Waals surface area contributed by atoms with Crippen molar-refractivity contribution in [2.75, 3.05) is 6.54 Å². The van der Waals surface area contributed by atoms with E-state index in [0.717, 1.165) is 0 Å². The third kappa shape index (κ3) is 2.66. The maximum atomic E-state index is 12.2. The zero-order valence-electron chi connectivity index (χ0n) is 11.1. The van der Waals surface area contributed by atoms with Gasteiger partial charge in [-0.2, -0.15) is 0 Å². The third-order valence-corrected chi connectivity index (χ3v) is 3.36. The molecule has 0 radical (unpaired) electrons. The van der Waals surface area contributed by atoms with Crippen molar-refractivity contribution in [1.82, 2.24) is 10.5 Å². The molecule has 1 atom stereocenters. The molecule has 3 N–H and O–H groups in total. The Labute approximate surface area is 102 Å². The highest BCUT2D eigenvalue weighted by Crippen LogP contribution is 2.18. The molecule has 1 aromatic rings. The minimum absolute atomic E-state index is 0.178. The monoisotopic (exact) mass is 239 g/mol. The molecule has 0 saturated heterocycles. The highest BCUT2D eigenvalue weighted by molar-refractivity contribution is 5.96. The SMILES string of the molecule is Cc1noc(C)c1C(=O)NC(C)(CN)C(C)C. The first-order chi connectivity index (χ1) is 7.81. The number of nitrogens with zero attached hydrogens (tertiary/aromatic N) is 1. The summed E-state index contributed by atoms with van der Waals surface area (Å²) in [4.78, 5) is 12.2. The van der Waals surface area contributed by atoms with Crippen molar-refractivity contribution in [3.63, 3.8) is 0 Å². The Morgan fingerprint density at radius 1 is 1.53 bits per heavy atom. The lowest BCUT2D eigenvalue weighted by Crippen LogP contribution is -2.55. The standard InChI is InChI=1S/C12H21N3O2/c1-7(2)12(5,6-13)14-11(16)10-8(3)15-17-9(10)4/h7H,6,13H2,1-5H3,(H,14,16). The minimum Gasteiger partial charge on any atom is -0.361 e. The van der Waals surface area contributed by atoms with Crippen molar-refractivity contribution in [1.29, 1.82) is 0 Å². The zero-order valence-corrected chi connectivity index (χ0v) is 11.1. The molecule has 0 spiro atoms. The van der Waals surface area contributed by atoms with E-state index in [4.69, 9.17) is 10.3 Å². The second kappa shape index (κ2) is 4.87. The van der Waals surface area contributed by atoms with Crippen LogP contribution in [0.1, 0.15) is 42.6 Å². The fourth-order valence-electron chi connectivity index (χ4n) is 1.56. The molecule has 1 amide bonds. The Bertz CT molecular complexity index is 392. The van der Waals surface area contributed by atoms with Crippen LogP contribution in [0.4, 0.5) is 0 Å². The molecule has 1 rings (SSSR count). The van der Waals surface area contributed by atoms with Crippen molar-refractivity contribution in [2.45, 2.75) is 40.2 Å². The van der Waals surface area contributed by atoms with Crippen molar-refractivity contribution >= 4 is 5.91 Å². The van der Waals surface area contributed by atoms with Gasteiger partial charge in [-0.15, -0.1) is 0 Å². The second-order valence-electron chi connectivity index (χ2n) is 4.93. The van der Waals surface area contributed by atoms with Crippen LogP contribution in [-0.2, 0) is 0 Å². The van der Waals surface area contributed by atoms with Crippen LogP contribution in [0.2, 0.25) is 0 Å². The quantitative estimate of drug-likeness (QED) is 0.832. The van der Waals surface area contributed by atoms with Gasteiger partial charge in [0, 0.05) is 6.54 Å². The Morgan fingerprint density at radius 2 is 2.12 bits per heavy atom. The van der Waals surface area contributed by atoms with Crippen LogP contribution >= 0.6 is 0 Å². The number of aryl methyl sites for hydroxylation is 2. The molecule has 0 fully saturated rings. The molecule has 96 valence electrons. The minimum atomic E-state index is -0.423. The molecule has 1 unspecified atom stereocenters. The van der Waals surface area contributed by atoms with Gasteiger partial charge in [-0.05, 0) is 26.7 Å². The summed E-state index contributed by atoms with van der Waals surface area (Å²) < 4.78 is 4.98. The average molecular weight is 239 g/mol. The predicted octanol–water partition coefficient (Wildman–Crippen LogP) is 1.39. The maximum absolute atomic E-state index is 12.2. The van der Waals surface area contributed by atoms with Gasteiger partial charge in [0.05, 0.1) is 11.2 Å². The van der Waals surface area contributed by atoms with Gasteiger partial charge in [0.2, 0.25) is 0 Å². The first-order valence-corrected chi connectivity index (χ1v) is 5.77. The van der Waals surface area contributed by atoms with E-state index in [0.29, 0.717) is 23.6 Å². The van der Waals surface area contributed by atoms with Crippen LogP contribution in [0.3, 0.4) is 0 Å². The summed E-state index contributed by atoms with van der Waals surface area (Å²) in [5.41, 5.74) is 6.41. The molecule has 5 heteroatoms. The van der Waals surface area contributed by atoms with Gasteiger partial charge in [0.1, 0.15) is 11.3 Å². The van der Waals surface area contributed by atoms with E-state index in [9.17, 15) is 4.79 Å². The van der Waals surface area contributed by atoms with E-state index in [1.54, 1.807) is 13.8 Å². The highest BCUT2D eigenvalue weighted by atomic mass is 16.5. The van der Waals surface area contributed by atoms with Crippen LogP contribution in [0.5, 0.6) is 0 Å². The third-order valence-electron chi connectivity index (χ3n) is 3.36. The van der Waals surface area contributed by atoms with Crippen LogP contribution in [0, 0.1) is 19.8 Å². The number of aromatic nitrogens is 1. The summed E-state index contributed by atoms with van der Waals surface area (Å²) in [7, 11) is 0. The summed E-state index contributed by atoms with van der Waals surface area (Å²) >= 11 is 0. The number of hydrogen-bond acceptors (Lipinski definition) is 4. The topological polar surface area (TPSA) is 81.2 Å².